The number of imide groups is 1. The number of aromatic hydroxyl groups is 1. The first-order chi connectivity index (χ1) is 13.0. The molecule has 0 aromatic heterocycles. The molecule has 0 spiro atoms. The standard InChI is InChI=1S/C20H18ClNO4S/c1-2-26-16-11-14(10-15(21)18(16)23)12-17-19(24)22(20(25)27-17)9-8-13-6-4-3-5-7-13/h3-7,10-12,23H,2,8-9H2,1H3/b17-12-. The van der Waals surface area contributed by atoms with Crippen molar-refractivity contribution >= 4 is 40.6 Å². The second-order valence-corrected chi connectivity index (χ2v) is 7.25. The Hall–Kier alpha value is -2.44. The molecule has 0 saturated carbocycles. The minimum Gasteiger partial charge on any atom is -0.503 e. The van der Waals surface area contributed by atoms with Crippen LogP contribution in [0.3, 0.4) is 0 Å². The lowest BCUT2D eigenvalue weighted by Crippen LogP contribution is -2.30. The Morgan fingerprint density at radius 1 is 1.22 bits per heavy atom. The first-order valence-corrected chi connectivity index (χ1v) is 9.63. The quantitative estimate of drug-likeness (QED) is 0.706. The molecule has 5 nitrogen and oxygen atoms in total. The maximum absolute atomic E-state index is 12.6. The van der Waals surface area contributed by atoms with Gasteiger partial charge >= 0.3 is 0 Å². The van der Waals surface area contributed by atoms with Crippen molar-refractivity contribution < 1.29 is 19.4 Å². The van der Waals surface area contributed by atoms with Crippen molar-refractivity contribution in [1.29, 1.82) is 0 Å². The first-order valence-electron chi connectivity index (χ1n) is 8.44. The van der Waals surface area contributed by atoms with Gasteiger partial charge in [0.15, 0.2) is 11.5 Å². The summed E-state index contributed by atoms with van der Waals surface area (Å²) in [6.07, 6.45) is 2.19. The van der Waals surface area contributed by atoms with Gasteiger partial charge in [-0.15, -0.1) is 0 Å². The highest BCUT2D eigenvalue weighted by Crippen LogP contribution is 2.38. The molecule has 27 heavy (non-hydrogen) atoms. The van der Waals surface area contributed by atoms with Gasteiger partial charge < -0.3 is 9.84 Å². The van der Waals surface area contributed by atoms with E-state index in [0.29, 0.717) is 30.0 Å². The largest absolute Gasteiger partial charge is 0.503 e. The lowest BCUT2D eigenvalue weighted by Gasteiger charge is -2.12. The maximum atomic E-state index is 12.6. The molecule has 7 heteroatoms. The topological polar surface area (TPSA) is 66.8 Å². The molecule has 1 heterocycles. The van der Waals surface area contributed by atoms with E-state index in [1.54, 1.807) is 19.1 Å². The van der Waals surface area contributed by atoms with Crippen LogP contribution in [0.15, 0.2) is 47.4 Å². The number of hydrogen-bond donors (Lipinski definition) is 1. The highest BCUT2D eigenvalue weighted by Gasteiger charge is 2.34. The van der Waals surface area contributed by atoms with Gasteiger partial charge in [-0.3, -0.25) is 14.5 Å². The lowest BCUT2D eigenvalue weighted by atomic mass is 10.1. The molecule has 2 aromatic carbocycles. The Bertz CT molecular complexity index is 898. The molecule has 0 atom stereocenters. The number of thioether (sulfide) groups is 1. The van der Waals surface area contributed by atoms with Crippen LogP contribution < -0.4 is 4.74 Å². The Morgan fingerprint density at radius 2 is 1.96 bits per heavy atom. The van der Waals surface area contributed by atoms with Crippen LogP contribution in [0, 0.1) is 0 Å². The van der Waals surface area contributed by atoms with Crippen molar-refractivity contribution in [2.24, 2.45) is 0 Å². The maximum Gasteiger partial charge on any atom is 0.293 e. The van der Waals surface area contributed by atoms with Gasteiger partial charge in [-0.25, -0.2) is 0 Å². The van der Waals surface area contributed by atoms with Gasteiger partial charge in [0.2, 0.25) is 0 Å². The molecular weight excluding hydrogens is 386 g/mol. The van der Waals surface area contributed by atoms with Gasteiger partial charge in [0.05, 0.1) is 16.5 Å². The van der Waals surface area contributed by atoms with E-state index >= 15 is 0 Å². The molecular formula is C20H18ClNO4S. The molecule has 0 aliphatic carbocycles. The van der Waals surface area contributed by atoms with Gasteiger partial charge in [-0.1, -0.05) is 41.9 Å². The predicted octanol–water partition coefficient (Wildman–Crippen LogP) is 4.72. The van der Waals surface area contributed by atoms with E-state index in [-0.39, 0.29) is 27.7 Å². The second-order valence-electron chi connectivity index (χ2n) is 5.85. The third kappa shape index (κ3) is 4.46. The van der Waals surface area contributed by atoms with Crippen LogP contribution in [-0.4, -0.2) is 34.3 Å². The smallest absolute Gasteiger partial charge is 0.293 e. The number of benzene rings is 2. The number of carbonyl (C=O) groups is 2. The summed E-state index contributed by atoms with van der Waals surface area (Å²) in [7, 11) is 0. The van der Waals surface area contributed by atoms with Crippen LogP contribution in [0.2, 0.25) is 5.02 Å². The number of phenolic OH excluding ortho intramolecular Hbond substituents is 1. The monoisotopic (exact) mass is 403 g/mol. The first kappa shape index (κ1) is 19.3. The Labute approximate surface area is 166 Å². The number of carbonyl (C=O) groups excluding carboxylic acids is 2. The van der Waals surface area contributed by atoms with Gasteiger partial charge in [-0.05, 0) is 54.4 Å². The fourth-order valence-electron chi connectivity index (χ4n) is 2.67. The van der Waals surface area contributed by atoms with E-state index in [0.717, 1.165) is 17.3 Å². The van der Waals surface area contributed by atoms with Crippen LogP contribution in [0.5, 0.6) is 11.5 Å². The molecule has 2 aromatic rings. The second kappa shape index (κ2) is 8.50. The molecule has 140 valence electrons. The van der Waals surface area contributed by atoms with Crippen molar-refractivity contribution in [3.05, 3.63) is 63.5 Å². The molecule has 0 bridgehead atoms. The summed E-state index contributed by atoms with van der Waals surface area (Å²) in [6, 6.07) is 12.8. The molecule has 1 N–H and O–H groups in total. The minimum atomic E-state index is -0.330. The number of phenols is 1. The van der Waals surface area contributed by atoms with Crippen molar-refractivity contribution in [1.82, 2.24) is 4.90 Å². The fraction of sp³-hybridized carbons (Fsp3) is 0.200. The number of halogens is 1. The zero-order valence-electron chi connectivity index (χ0n) is 14.6. The average Bonchev–Trinajstić information content (AvgIpc) is 2.92. The van der Waals surface area contributed by atoms with Crippen molar-refractivity contribution in [3.8, 4) is 11.5 Å². The fourth-order valence-corrected chi connectivity index (χ4v) is 3.76. The molecule has 2 amide bonds. The van der Waals surface area contributed by atoms with Crippen molar-refractivity contribution in [2.45, 2.75) is 13.3 Å². The SMILES string of the molecule is CCOc1cc(/C=C2\SC(=O)N(CCc3ccccc3)C2=O)cc(Cl)c1O. The Morgan fingerprint density at radius 3 is 2.67 bits per heavy atom. The third-order valence-corrected chi connectivity index (χ3v) is 5.18. The lowest BCUT2D eigenvalue weighted by molar-refractivity contribution is -0.122. The molecule has 1 aliphatic heterocycles. The zero-order valence-corrected chi connectivity index (χ0v) is 16.2. The Kier molecular flexibility index (Phi) is 6.08. The average molecular weight is 404 g/mol. The number of amides is 2. The molecule has 1 aliphatic rings. The van der Waals surface area contributed by atoms with E-state index in [2.05, 4.69) is 0 Å². The summed E-state index contributed by atoms with van der Waals surface area (Å²) in [5.74, 6) is -0.241. The van der Waals surface area contributed by atoms with Crippen molar-refractivity contribution in [2.75, 3.05) is 13.2 Å². The zero-order chi connectivity index (χ0) is 19.4. The van der Waals surface area contributed by atoms with Gasteiger partial charge in [0.25, 0.3) is 11.1 Å². The molecule has 1 saturated heterocycles. The van der Waals surface area contributed by atoms with Crippen LogP contribution >= 0.6 is 23.4 Å². The van der Waals surface area contributed by atoms with Crippen LogP contribution in [-0.2, 0) is 11.2 Å². The van der Waals surface area contributed by atoms with E-state index in [1.807, 2.05) is 30.3 Å². The predicted molar refractivity (Wildman–Crippen MR) is 107 cm³/mol. The van der Waals surface area contributed by atoms with Gasteiger partial charge in [0, 0.05) is 6.54 Å². The van der Waals surface area contributed by atoms with Crippen LogP contribution in [0.25, 0.3) is 6.08 Å². The summed E-state index contributed by atoms with van der Waals surface area (Å²) < 4.78 is 5.35. The van der Waals surface area contributed by atoms with Crippen LogP contribution in [0.1, 0.15) is 18.1 Å². The normalized spacial score (nSPS) is 15.6. The summed E-state index contributed by atoms with van der Waals surface area (Å²) in [4.78, 5) is 26.4. The number of rotatable bonds is 6. The number of nitrogens with zero attached hydrogens (tertiary/aromatic N) is 1. The third-order valence-electron chi connectivity index (χ3n) is 3.99. The van der Waals surface area contributed by atoms with Crippen LogP contribution in [0.4, 0.5) is 4.79 Å². The number of hydrogen-bond acceptors (Lipinski definition) is 5. The summed E-state index contributed by atoms with van der Waals surface area (Å²) in [5, 5.41) is 9.74. The van der Waals surface area contributed by atoms with E-state index < -0.39 is 0 Å². The van der Waals surface area contributed by atoms with E-state index in [1.165, 1.54) is 11.0 Å². The number of ether oxygens (including phenoxy) is 1. The molecule has 1 fully saturated rings. The highest BCUT2D eigenvalue weighted by atomic mass is 35.5. The Balaban J connectivity index is 1.78. The highest BCUT2D eigenvalue weighted by molar-refractivity contribution is 8.18. The van der Waals surface area contributed by atoms with E-state index in [4.69, 9.17) is 16.3 Å². The molecule has 0 unspecified atom stereocenters. The van der Waals surface area contributed by atoms with E-state index in [9.17, 15) is 14.7 Å². The van der Waals surface area contributed by atoms with Gasteiger partial charge in [-0.2, -0.15) is 0 Å². The molecule has 3 rings (SSSR count). The van der Waals surface area contributed by atoms with Gasteiger partial charge in [0.1, 0.15) is 0 Å². The summed E-state index contributed by atoms with van der Waals surface area (Å²) in [6.45, 7) is 2.48. The molecule has 0 radical (unpaired) electrons. The van der Waals surface area contributed by atoms with Crippen molar-refractivity contribution in [3.63, 3.8) is 0 Å². The summed E-state index contributed by atoms with van der Waals surface area (Å²) in [5.41, 5.74) is 1.64. The summed E-state index contributed by atoms with van der Waals surface area (Å²) >= 11 is 6.92. The minimum absolute atomic E-state index is 0.121.